The Morgan fingerprint density at radius 3 is 2.20 bits per heavy atom. The minimum atomic E-state index is 0.610. The number of hydrazine groups is 2. The van der Waals surface area contributed by atoms with Crippen molar-refractivity contribution in [3.8, 4) is 0 Å². The van der Waals surface area contributed by atoms with Gasteiger partial charge < -0.3 is 5.11 Å². The zero-order valence-electron chi connectivity index (χ0n) is 9.72. The molecule has 0 saturated carbocycles. The first-order valence-electron chi connectivity index (χ1n) is 4.95. The summed E-state index contributed by atoms with van der Waals surface area (Å²) in [6, 6.07) is 0. The largest absolute Gasteiger partial charge is 0.400 e. The lowest BCUT2D eigenvalue weighted by atomic mass is 10.2. The highest BCUT2D eigenvalue weighted by Crippen LogP contribution is 2.00. The average molecular weight is 225 g/mol. The molecule has 0 aromatic rings. The van der Waals surface area contributed by atoms with Crippen LogP contribution in [0.15, 0.2) is 0 Å². The van der Waals surface area contributed by atoms with Gasteiger partial charge in [0.15, 0.2) is 0 Å². The molecule has 0 amide bonds. The number of aliphatic hydroxyl groups is 1. The topological polar surface area (TPSA) is 110 Å². The summed E-state index contributed by atoms with van der Waals surface area (Å²) in [5.41, 5.74) is 0. The fourth-order valence-corrected chi connectivity index (χ4v) is 1.00. The van der Waals surface area contributed by atoms with Crippen LogP contribution >= 0.6 is 0 Å². The van der Waals surface area contributed by atoms with Gasteiger partial charge in [-0.1, -0.05) is 18.1 Å². The molecule has 0 rings (SSSR count). The summed E-state index contributed by atoms with van der Waals surface area (Å²) in [5, 5.41) is 17.9. The van der Waals surface area contributed by atoms with Crippen molar-refractivity contribution in [3.05, 3.63) is 0 Å². The maximum absolute atomic E-state index is 8.77. The van der Waals surface area contributed by atoms with Crippen molar-refractivity contribution in [3.63, 3.8) is 0 Å². The van der Waals surface area contributed by atoms with E-state index in [0.717, 1.165) is 45.9 Å². The molecule has 94 valence electrons. The second kappa shape index (κ2) is 13.7. The standard InChI is InChI=1S/C7H21N4O2.CH4O/c1-10(11(8)12)6-4-2-3-5-7-13-9;1-2/h12H,2-8H2,1,9H3;2H,1H3/q+1;. The van der Waals surface area contributed by atoms with E-state index in [1.165, 1.54) is 0 Å². The molecule has 0 aliphatic carbocycles. The molecule has 0 atom stereocenters. The van der Waals surface area contributed by atoms with Crippen LogP contribution in [-0.4, -0.2) is 47.9 Å². The van der Waals surface area contributed by atoms with Gasteiger partial charge in [-0.3, -0.25) is 5.21 Å². The lowest BCUT2D eigenvalue weighted by molar-refractivity contribution is -0.689. The maximum Gasteiger partial charge on any atom is 0.106 e. The molecule has 15 heavy (non-hydrogen) atoms. The third kappa shape index (κ3) is 13.7. The van der Waals surface area contributed by atoms with E-state index in [-0.39, 0.29) is 0 Å². The SMILES string of the molecule is CN(CCCCCCO[NH3+])N(N)O.CO. The molecule has 0 saturated heterocycles. The second-order valence-corrected chi connectivity index (χ2v) is 3.02. The van der Waals surface area contributed by atoms with Crippen molar-refractivity contribution in [1.29, 1.82) is 0 Å². The van der Waals surface area contributed by atoms with Gasteiger partial charge in [0.2, 0.25) is 0 Å². The number of rotatable bonds is 8. The van der Waals surface area contributed by atoms with Gasteiger partial charge in [-0.05, 0) is 12.8 Å². The molecule has 7 N–H and O–H groups in total. The van der Waals surface area contributed by atoms with Crippen molar-refractivity contribution < 1.29 is 21.0 Å². The fourth-order valence-electron chi connectivity index (χ4n) is 1.00. The van der Waals surface area contributed by atoms with Crippen LogP contribution < -0.4 is 11.7 Å². The van der Waals surface area contributed by atoms with E-state index in [0.29, 0.717) is 5.28 Å². The molecule has 0 aliphatic rings. The predicted molar refractivity (Wildman–Crippen MR) is 55.9 cm³/mol. The highest BCUT2D eigenvalue weighted by Gasteiger charge is 2.01. The van der Waals surface area contributed by atoms with E-state index in [1.54, 1.807) is 12.1 Å². The summed E-state index contributed by atoms with van der Waals surface area (Å²) < 4.78 is 0. The first-order chi connectivity index (χ1) is 7.18. The molecule has 7 nitrogen and oxygen atoms in total. The zero-order chi connectivity index (χ0) is 12.1. The molecular formula is C8H25N4O3+. The highest BCUT2D eigenvalue weighted by molar-refractivity contribution is 4.45. The van der Waals surface area contributed by atoms with E-state index in [4.69, 9.17) is 16.2 Å². The monoisotopic (exact) mass is 225 g/mol. The van der Waals surface area contributed by atoms with Gasteiger partial charge >= 0.3 is 0 Å². The quantitative estimate of drug-likeness (QED) is 0.233. The van der Waals surface area contributed by atoms with Crippen LogP contribution in [0.5, 0.6) is 0 Å². The second-order valence-electron chi connectivity index (χ2n) is 3.02. The van der Waals surface area contributed by atoms with Crippen LogP contribution in [0.3, 0.4) is 0 Å². The molecule has 0 radical (unpaired) electrons. The maximum atomic E-state index is 8.77. The summed E-state index contributed by atoms with van der Waals surface area (Å²) in [4.78, 5) is 4.68. The zero-order valence-corrected chi connectivity index (χ0v) is 9.72. The number of hydrogen-bond acceptors (Lipinski definition) is 6. The fraction of sp³-hybridized carbons (Fsp3) is 1.00. The van der Waals surface area contributed by atoms with E-state index >= 15 is 0 Å². The van der Waals surface area contributed by atoms with E-state index in [1.807, 2.05) is 0 Å². The van der Waals surface area contributed by atoms with E-state index in [9.17, 15) is 0 Å². The molecule has 0 heterocycles. The first-order valence-corrected chi connectivity index (χ1v) is 4.95. The van der Waals surface area contributed by atoms with Crippen molar-refractivity contribution in [2.24, 2.45) is 5.84 Å². The number of hydrogen-bond donors (Lipinski definition) is 4. The van der Waals surface area contributed by atoms with Gasteiger partial charge in [0.25, 0.3) is 0 Å². The minimum absolute atomic E-state index is 0.610. The molecule has 0 unspecified atom stereocenters. The third-order valence-corrected chi connectivity index (χ3v) is 1.87. The Bertz CT molecular complexity index is 116. The molecule has 0 fully saturated rings. The minimum Gasteiger partial charge on any atom is -0.400 e. The Morgan fingerprint density at radius 1 is 1.20 bits per heavy atom. The van der Waals surface area contributed by atoms with Crippen LogP contribution in [0.25, 0.3) is 0 Å². The van der Waals surface area contributed by atoms with Crippen molar-refractivity contribution in [2.75, 3.05) is 27.3 Å². The van der Waals surface area contributed by atoms with Crippen LogP contribution in [0.4, 0.5) is 0 Å². The third-order valence-electron chi connectivity index (χ3n) is 1.87. The van der Waals surface area contributed by atoms with Crippen LogP contribution in [0, 0.1) is 0 Å². The summed E-state index contributed by atoms with van der Waals surface area (Å²) in [7, 11) is 2.74. The number of aliphatic hydroxyl groups excluding tert-OH is 1. The average Bonchev–Trinajstić information content (AvgIpc) is 2.25. The van der Waals surface area contributed by atoms with Crippen molar-refractivity contribution >= 4 is 0 Å². The number of nitrogens with two attached hydrogens (primary N) is 1. The molecular weight excluding hydrogens is 200 g/mol. The van der Waals surface area contributed by atoms with Crippen LogP contribution in [0.1, 0.15) is 25.7 Å². The summed E-state index contributed by atoms with van der Waals surface area (Å²) >= 11 is 0. The molecule has 0 aromatic carbocycles. The Kier molecular flexibility index (Phi) is 15.7. The molecule has 0 spiro atoms. The van der Waals surface area contributed by atoms with Gasteiger partial charge in [-0.2, -0.15) is 0 Å². The van der Waals surface area contributed by atoms with Gasteiger partial charge in [0.1, 0.15) is 6.61 Å². The van der Waals surface area contributed by atoms with Gasteiger partial charge in [0, 0.05) is 20.7 Å². The molecule has 0 aromatic heterocycles. The van der Waals surface area contributed by atoms with Gasteiger partial charge in [-0.15, -0.1) is 0 Å². The summed E-state index contributed by atoms with van der Waals surface area (Å²) in [6.07, 6.45) is 4.29. The van der Waals surface area contributed by atoms with Gasteiger partial charge in [0.05, 0.1) is 0 Å². The molecule has 7 heteroatoms. The lowest BCUT2D eigenvalue weighted by Crippen LogP contribution is -2.49. The lowest BCUT2D eigenvalue weighted by Gasteiger charge is -2.20. The molecule has 0 aliphatic heterocycles. The Labute approximate surface area is 91.0 Å². The summed E-state index contributed by atoms with van der Waals surface area (Å²) in [5.74, 6) is 8.38. The normalized spacial score (nSPS) is 10.4. The Morgan fingerprint density at radius 2 is 1.73 bits per heavy atom. The van der Waals surface area contributed by atoms with Crippen molar-refractivity contribution in [2.45, 2.75) is 25.7 Å². The first kappa shape index (κ1) is 17.1. The summed E-state index contributed by atoms with van der Waals surface area (Å²) in [6.45, 7) is 1.48. The smallest absolute Gasteiger partial charge is 0.106 e. The van der Waals surface area contributed by atoms with Crippen molar-refractivity contribution in [1.82, 2.24) is 10.3 Å². The van der Waals surface area contributed by atoms with E-state index in [2.05, 4.69) is 10.7 Å². The Balaban J connectivity index is 0. The Hall–Kier alpha value is -0.280. The van der Waals surface area contributed by atoms with Gasteiger partial charge in [-0.25, -0.2) is 21.6 Å². The number of unbranched alkanes of at least 4 members (excludes halogenated alkanes) is 3. The van der Waals surface area contributed by atoms with E-state index < -0.39 is 0 Å². The predicted octanol–water partition coefficient (Wildman–Crippen LogP) is -1.26. The van der Waals surface area contributed by atoms with Crippen LogP contribution in [0.2, 0.25) is 0 Å². The highest BCUT2D eigenvalue weighted by atomic mass is 16.6. The number of nitrogens with zero attached hydrogens (tertiary/aromatic N) is 2. The number of quaternary nitrogens is 1. The molecule has 0 bridgehead atoms. The van der Waals surface area contributed by atoms with Crippen LogP contribution in [-0.2, 0) is 4.84 Å².